The molecule has 124 valence electrons. The van der Waals surface area contributed by atoms with Crippen LogP contribution in [0.25, 0.3) is 10.4 Å². The van der Waals surface area contributed by atoms with Crippen molar-refractivity contribution in [3.8, 4) is 0 Å². The van der Waals surface area contributed by atoms with Gasteiger partial charge in [-0.05, 0) is 18.0 Å². The minimum Gasteiger partial charge on any atom is -0.379 e. The highest BCUT2D eigenvalue weighted by atomic mass is 35.7. The molecule has 0 unspecified atom stereocenters. The summed E-state index contributed by atoms with van der Waals surface area (Å²) >= 11 is 1.57. The van der Waals surface area contributed by atoms with E-state index in [4.69, 9.17) is 25.7 Å². The molecule has 7 nitrogen and oxygen atoms in total. The molecular formula is C12H20ClN5O2S2. The minimum absolute atomic E-state index is 0.338. The monoisotopic (exact) mass is 365 g/mol. The van der Waals surface area contributed by atoms with E-state index >= 15 is 0 Å². The number of nitrogens with zero attached hydrogens (tertiary/aromatic N) is 5. The van der Waals surface area contributed by atoms with E-state index in [9.17, 15) is 0 Å². The lowest BCUT2D eigenvalue weighted by atomic mass is 10.4. The molecule has 0 atom stereocenters. The van der Waals surface area contributed by atoms with Crippen molar-refractivity contribution in [1.82, 2.24) is 9.97 Å². The maximum atomic E-state index is 8.09. The number of halogens is 1. The van der Waals surface area contributed by atoms with E-state index in [0.29, 0.717) is 33.0 Å². The van der Waals surface area contributed by atoms with E-state index in [0.717, 1.165) is 15.8 Å². The van der Waals surface area contributed by atoms with Crippen LogP contribution in [0.2, 0.25) is 0 Å². The number of azide groups is 1. The van der Waals surface area contributed by atoms with Gasteiger partial charge < -0.3 is 9.47 Å². The Hall–Kier alpha value is -0.700. The first kappa shape index (κ1) is 19.3. The van der Waals surface area contributed by atoms with Gasteiger partial charge in [0.2, 0.25) is 0 Å². The molecule has 0 fully saturated rings. The molecule has 0 bridgehead atoms. The van der Waals surface area contributed by atoms with E-state index in [1.54, 1.807) is 24.2 Å². The van der Waals surface area contributed by atoms with Crippen LogP contribution in [0.1, 0.15) is 5.56 Å². The summed E-state index contributed by atoms with van der Waals surface area (Å²) in [6.07, 6.45) is 7.60. The van der Waals surface area contributed by atoms with Gasteiger partial charge in [-0.2, -0.15) is 9.24 Å². The van der Waals surface area contributed by atoms with Gasteiger partial charge in [0.05, 0.1) is 26.4 Å². The van der Waals surface area contributed by atoms with Crippen molar-refractivity contribution >= 4 is 31.7 Å². The van der Waals surface area contributed by atoms with E-state index in [1.807, 2.05) is 12.5 Å². The van der Waals surface area contributed by atoms with Gasteiger partial charge in [0, 0.05) is 34.5 Å². The lowest BCUT2D eigenvalue weighted by Crippen LogP contribution is -2.07. The molecule has 0 N–H and O–H groups in total. The highest BCUT2D eigenvalue weighted by Gasteiger charge is 2.09. The van der Waals surface area contributed by atoms with Crippen molar-refractivity contribution < 1.29 is 9.47 Å². The maximum absolute atomic E-state index is 8.09. The zero-order valence-corrected chi connectivity index (χ0v) is 15.0. The molecule has 10 heteroatoms. The number of aromatic nitrogens is 2. The molecule has 0 saturated carbocycles. The molecule has 22 heavy (non-hydrogen) atoms. The summed E-state index contributed by atoms with van der Waals surface area (Å²) in [5, 5.41) is 4.92. The normalized spacial score (nSPS) is 12.0. The Labute approximate surface area is 140 Å². The van der Waals surface area contributed by atoms with Crippen molar-refractivity contribution in [3.63, 3.8) is 0 Å². The van der Waals surface area contributed by atoms with Crippen molar-refractivity contribution in [1.29, 1.82) is 0 Å². The Morgan fingerprint density at radius 2 is 1.95 bits per heavy atom. The predicted octanol–water partition coefficient (Wildman–Crippen LogP) is 3.59. The van der Waals surface area contributed by atoms with Crippen LogP contribution >= 0.6 is 31.7 Å². The third kappa shape index (κ3) is 10.1. The van der Waals surface area contributed by atoms with E-state index in [1.165, 1.54) is 0 Å². The lowest BCUT2D eigenvalue weighted by Gasteiger charge is -2.19. The summed E-state index contributed by atoms with van der Waals surface area (Å²) in [4.78, 5) is 11.2. The average Bonchev–Trinajstić information content (AvgIpc) is 2.48. The van der Waals surface area contributed by atoms with Crippen LogP contribution < -0.4 is 0 Å². The summed E-state index contributed by atoms with van der Waals surface area (Å²) in [5.41, 5.74) is 9.00. The molecule has 0 aromatic carbocycles. The largest absolute Gasteiger partial charge is 0.379 e. The fourth-order valence-electron chi connectivity index (χ4n) is 1.24. The third-order valence-corrected chi connectivity index (χ3v) is 6.17. The molecule has 1 aromatic rings. The fraction of sp³-hybridized carbons (Fsp3) is 0.667. The first-order valence-corrected chi connectivity index (χ1v) is 10.9. The Morgan fingerprint density at radius 3 is 2.59 bits per heavy atom. The second-order valence-corrected chi connectivity index (χ2v) is 11.6. The number of rotatable bonds is 11. The van der Waals surface area contributed by atoms with E-state index in [2.05, 4.69) is 20.0 Å². The number of thioether (sulfide) groups is 1. The molecule has 0 amide bonds. The third-order valence-electron chi connectivity index (χ3n) is 2.19. The second-order valence-electron chi connectivity index (χ2n) is 4.66. The standard InChI is InChI=1S/C12H20ClN5O2S2/c1-22(2,13)10-21-12-15-7-11(8-16-12)9-20-6-5-19-4-3-17-18-14/h7-8H,3-6,9-10H2,1-2H3. The van der Waals surface area contributed by atoms with Gasteiger partial charge in [0.15, 0.2) is 5.16 Å². The summed E-state index contributed by atoms with van der Waals surface area (Å²) < 4.78 is 10.7. The van der Waals surface area contributed by atoms with Crippen molar-refractivity contribution in [3.05, 3.63) is 28.4 Å². The van der Waals surface area contributed by atoms with Gasteiger partial charge in [0.25, 0.3) is 0 Å². The molecule has 1 rings (SSSR count). The molecule has 0 saturated heterocycles. The Morgan fingerprint density at radius 1 is 1.27 bits per heavy atom. The zero-order valence-electron chi connectivity index (χ0n) is 12.6. The van der Waals surface area contributed by atoms with Gasteiger partial charge >= 0.3 is 0 Å². The van der Waals surface area contributed by atoms with Crippen molar-refractivity contribution in [2.45, 2.75) is 11.8 Å². The molecule has 0 aliphatic rings. The quantitative estimate of drug-likeness (QED) is 0.149. The first-order valence-electron chi connectivity index (χ1n) is 6.52. The van der Waals surface area contributed by atoms with E-state index in [-0.39, 0.29) is 0 Å². The molecular weight excluding hydrogens is 346 g/mol. The van der Waals surface area contributed by atoms with Crippen LogP contribution in [0.4, 0.5) is 0 Å². The Kier molecular flexibility index (Phi) is 9.61. The molecule has 1 aromatic heterocycles. The summed E-state index contributed by atoms with van der Waals surface area (Å²) in [5.74, 6) is 0. The zero-order chi connectivity index (χ0) is 16.3. The van der Waals surface area contributed by atoms with Crippen LogP contribution in [-0.2, 0) is 16.1 Å². The predicted molar refractivity (Wildman–Crippen MR) is 92.5 cm³/mol. The van der Waals surface area contributed by atoms with Crippen LogP contribution in [0, 0.1) is 0 Å². The van der Waals surface area contributed by atoms with Crippen LogP contribution in [0.3, 0.4) is 0 Å². The maximum Gasteiger partial charge on any atom is 0.188 e. The number of hydrogen-bond acceptors (Lipinski definition) is 6. The lowest BCUT2D eigenvalue weighted by molar-refractivity contribution is 0.0431. The van der Waals surface area contributed by atoms with Crippen LogP contribution in [0.15, 0.2) is 22.7 Å². The smallest absolute Gasteiger partial charge is 0.188 e. The average molecular weight is 366 g/mol. The van der Waals surface area contributed by atoms with Crippen LogP contribution in [0.5, 0.6) is 0 Å². The molecule has 0 spiro atoms. The van der Waals surface area contributed by atoms with E-state index < -0.39 is 9.24 Å². The molecule has 0 aliphatic heterocycles. The number of ether oxygens (including phenoxy) is 2. The van der Waals surface area contributed by atoms with Crippen LogP contribution in [-0.4, -0.2) is 53.9 Å². The Bertz CT molecular complexity index is 477. The Balaban J connectivity index is 2.15. The van der Waals surface area contributed by atoms with Gasteiger partial charge in [0.1, 0.15) is 0 Å². The molecule has 1 heterocycles. The number of hydrogen-bond donors (Lipinski definition) is 0. The summed E-state index contributed by atoms with van der Waals surface area (Å²) in [7, 11) is 5.13. The summed E-state index contributed by atoms with van der Waals surface area (Å²) in [6, 6.07) is 0. The van der Waals surface area contributed by atoms with Gasteiger partial charge in [-0.25, -0.2) is 9.97 Å². The highest BCUT2D eigenvalue weighted by Crippen LogP contribution is 2.48. The SMILES string of the molecule is CS(C)(Cl)CSc1ncc(COCCOCCN=[N+]=[N-])cn1. The van der Waals surface area contributed by atoms with Gasteiger partial charge in [-0.1, -0.05) is 27.6 Å². The van der Waals surface area contributed by atoms with Crippen molar-refractivity contribution in [2.24, 2.45) is 5.11 Å². The second kappa shape index (κ2) is 10.9. The summed E-state index contributed by atoms with van der Waals surface area (Å²) in [6.45, 7) is 2.11. The van der Waals surface area contributed by atoms with Crippen molar-refractivity contribution in [2.75, 3.05) is 44.0 Å². The topological polar surface area (TPSA) is 93.0 Å². The minimum atomic E-state index is -1.07. The van der Waals surface area contributed by atoms with Gasteiger partial charge in [-0.3, -0.25) is 0 Å². The van der Waals surface area contributed by atoms with Gasteiger partial charge in [-0.15, -0.1) is 0 Å². The molecule has 0 aliphatic carbocycles. The first-order chi connectivity index (χ1) is 10.5. The fourth-order valence-corrected chi connectivity index (χ4v) is 3.44. The molecule has 0 radical (unpaired) electrons. The highest BCUT2D eigenvalue weighted by molar-refractivity contribution is 8.54.